The molecular formula is C10H12N2O. The van der Waals surface area contributed by atoms with Crippen LogP contribution in [-0.2, 0) is 0 Å². The molecule has 0 saturated heterocycles. The minimum Gasteiger partial charge on any atom is -0.446 e. The van der Waals surface area contributed by atoms with Crippen molar-refractivity contribution in [3.05, 3.63) is 24.1 Å². The fraction of sp³-hybridized carbons (Fsp3) is 0.300. The molecule has 2 aromatic rings. The maximum absolute atomic E-state index is 5.84. The zero-order chi connectivity index (χ0) is 9.42. The molecule has 0 aliphatic carbocycles. The van der Waals surface area contributed by atoms with Crippen LogP contribution in [0.3, 0.4) is 0 Å². The molecule has 2 rings (SSSR count). The van der Waals surface area contributed by atoms with Gasteiger partial charge in [0.25, 0.3) is 0 Å². The molecule has 0 spiro atoms. The van der Waals surface area contributed by atoms with E-state index in [1.807, 2.05) is 12.1 Å². The van der Waals surface area contributed by atoms with E-state index in [0.717, 1.165) is 16.8 Å². The van der Waals surface area contributed by atoms with Gasteiger partial charge < -0.3 is 10.2 Å². The van der Waals surface area contributed by atoms with Gasteiger partial charge >= 0.3 is 0 Å². The van der Waals surface area contributed by atoms with Crippen LogP contribution >= 0.6 is 0 Å². The fourth-order valence-corrected chi connectivity index (χ4v) is 1.29. The second kappa shape index (κ2) is 2.76. The third-order valence-corrected chi connectivity index (χ3v) is 2.08. The molecule has 0 saturated carbocycles. The molecule has 2 N–H and O–H groups in total. The first-order valence-corrected chi connectivity index (χ1v) is 4.32. The molecule has 2 aromatic heterocycles. The zero-order valence-electron chi connectivity index (χ0n) is 7.74. The van der Waals surface area contributed by atoms with Gasteiger partial charge in [0.2, 0.25) is 5.71 Å². The molecule has 0 fully saturated rings. The minimum absolute atomic E-state index is 0.372. The Bertz CT molecular complexity index is 431. The number of nitrogens with zero attached hydrogens (tertiary/aromatic N) is 1. The summed E-state index contributed by atoms with van der Waals surface area (Å²) in [4.78, 5) is 4.35. The Morgan fingerprint density at radius 2 is 2.23 bits per heavy atom. The van der Waals surface area contributed by atoms with Gasteiger partial charge in [-0.05, 0) is 18.1 Å². The third-order valence-electron chi connectivity index (χ3n) is 2.08. The fourth-order valence-electron chi connectivity index (χ4n) is 1.29. The molecule has 0 atom stereocenters. The van der Waals surface area contributed by atoms with Crippen LogP contribution < -0.4 is 5.73 Å². The van der Waals surface area contributed by atoms with E-state index in [2.05, 4.69) is 18.8 Å². The van der Waals surface area contributed by atoms with Gasteiger partial charge in [-0.2, -0.15) is 0 Å². The first-order chi connectivity index (χ1) is 6.18. The maximum Gasteiger partial charge on any atom is 0.228 e. The highest BCUT2D eigenvalue weighted by Crippen LogP contribution is 2.24. The molecule has 0 unspecified atom stereocenters. The van der Waals surface area contributed by atoms with Crippen molar-refractivity contribution >= 4 is 16.8 Å². The van der Waals surface area contributed by atoms with E-state index >= 15 is 0 Å². The van der Waals surface area contributed by atoms with Gasteiger partial charge in [-0.25, -0.2) is 4.98 Å². The highest BCUT2D eigenvalue weighted by Gasteiger charge is 2.07. The predicted octanol–water partition coefficient (Wildman–Crippen LogP) is 2.53. The number of furan rings is 1. The van der Waals surface area contributed by atoms with Crippen molar-refractivity contribution in [3.63, 3.8) is 0 Å². The largest absolute Gasteiger partial charge is 0.446 e. The summed E-state index contributed by atoms with van der Waals surface area (Å²) < 4.78 is 5.20. The van der Waals surface area contributed by atoms with E-state index in [-0.39, 0.29) is 0 Å². The number of anilines is 1. The predicted molar refractivity (Wildman–Crippen MR) is 52.5 cm³/mol. The van der Waals surface area contributed by atoms with Gasteiger partial charge in [0.05, 0.1) is 11.6 Å². The first kappa shape index (κ1) is 8.10. The van der Waals surface area contributed by atoms with Crippen LogP contribution in [0.2, 0.25) is 0 Å². The zero-order valence-corrected chi connectivity index (χ0v) is 7.74. The summed E-state index contributed by atoms with van der Waals surface area (Å²) in [6.07, 6.45) is 1.61. The van der Waals surface area contributed by atoms with Crippen LogP contribution in [0.5, 0.6) is 0 Å². The second-order valence-corrected chi connectivity index (χ2v) is 3.43. The molecule has 0 aliphatic heterocycles. The van der Waals surface area contributed by atoms with Gasteiger partial charge in [-0.15, -0.1) is 0 Å². The number of fused-ring (bicyclic) bond motifs is 1. The van der Waals surface area contributed by atoms with Crippen LogP contribution in [0.25, 0.3) is 11.1 Å². The van der Waals surface area contributed by atoms with Gasteiger partial charge in [-0.3, -0.25) is 0 Å². The summed E-state index contributed by atoms with van der Waals surface area (Å²) in [5.74, 6) is 0.372. The number of rotatable bonds is 1. The van der Waals surface area contributed by atoms with Crippen LogP contribution in [0, 0.1) is 0 Å². The lowest BCUT2D eigenvalue weighted by Gasteiger charge is -2.04. The van der Waals surface area contributed by atoms with Crippen molar-refractivity contribution in [2.75, 3.05) is 5.73 Å². The Labute approximate surface area is 76.6 Å². The Hall–Kier alpha value is -1.51. The molecular weight excluding hydrogens is 164 g/mol. The van der Waals surface area contributed by atoms with Gasteiger partial charge in [0.15, 0.2) is 0 Å². The average molecular weight is 176 g/mol. The summed E-state index contributed by atoms with van der Waals surface area (Å²) in [5, 5.41) is 0.893. The summed E-state index contributed by atoms with van der Waals surface area (Å²) in [6.45, 7) is 4.16. The lowest BCUT2D eigenvalue weighted by atomic mass is 10.1. The van der Waals surface area contributed by atoms with Crippen molar-refractivity contribution < 1.29 is 4.42 Å². The summed E-state index contributed by atoms with van der Waals surface area (Å²) in [7, 11) is 0. The Morgan fingerprint density at radius 3 is 2.92 bits per heavy atom. The van der Waals surface area contributed by atoms with E-state index < -0.39 is 0 Å². The van der Waals surface area contributed by atoms with E-state index in [1.54, 1.807) is 6.26 Å². The Morgan fingerprint density at radius 1 is 1.46 bits per heavy atom. The van der Waals surface area contributed by atoms with E-state index in [0.29, 0.717) is 11.6 Å². The lowest BCUT2D eigenvalue weighted by molar-refractivity contribution is 0.599. The molecule has 0 aromatic carbocycles. The van der Waals surface area contributed by atoms with Crippen molar-refractivity contribution in [1.82, 2.24) is 4.98 Å². The molecule has 0 amide bonds. The summed E-state index contributed by atoms with van der Waals surface area (Å²) >= 11 is 0. The van der Waals surface area contributed by atoms with Crippen molar-refractivity contribution in [3.8, 4) is 0 Å². The van der Waals surface area contributed by atoms with Gasteiger partial charge in [-0.1, -0.05) is 13.8 Å². The van der Waals surface area contributed by atoms with Crippen molar-refractivity contribution in [2.45, 2.75) is 19.8 Å². The third kappa shape index (κ3) is 1.26. The first-order valence-electron chi connectivity index (χ1n) is 4.32. The maximum atomic E-state index is 5.84. The molecule has 68 valence electrons. The number of pyridine rings is 1. The van der Waals surface area contributed by atoms with Crippen LogP contribution in [0.4, 0.5) is 5.69 Å². The molecule has 2 heterocycles. The lowest BCUT2D eigenvalue weighted by Crippen LogP contribution is -1.95. The Kier molecular flexibility index (Phi) is 1.72. The number of nitrogens with two attached hydrogens (primary N) is 1. The number of hydrogen-bond donors (Lipinski definition) is 1. The molecule has 3 heteroatoms. The van der Waals surface area contributed by atoms with E-state index in [4.69, 9.17) is 10.2 Å². The average Bonchev–Trinajstić information content (AvgIpc) is 2.51. The minimum atomic E-state index is 0.372. The highest BCUT2D eigenvalue weighted by atomic mass is 16.3. The molecule has 3 nitrogen and oxygen atoms in total. The quantitative estimate of drug-likeness (QED) is 0.726. The molecule has 0 bridgehead atoms. The Balaban J connectivity index is 2.70. The van der Waals surface area contributed by atoms with E-state index in [9.17, 15) is 0 Å². The second-order valence-electron chi connectivity index (χ2n) is 3.43. The normalized spacial score (nSPS) is 11.3. The van der Waals surface area contributed by atoms with Crippen molar-refractivity contribution in [2.24, 2.45) is 0 Å². The number of nitrogen functional groups attached to an aromatic ring is 1. The van der Waals surface area contributed by atoms with Crippen LogP contribution in [-0.4, -0.2) is 4.98 Å². The SMILES string of the molecule is CC(C)c1cc(N)c2ccoc2n1. The van der Waals surface area contributed by atoms with E-state index in [1.165, 1.54) is 0 Å². The molecule has 0 radical (unpaired) electrons. The van der Waals surface area contributed by atoms with Gasteiger partial charge in [0.1, 0.15) is 0 Å². The topological polar surface area (TPSA) is 52.0 Å². The molecule has 13 heavy (non-hydrogen) atoms. The highest BCUT2D eigenvalue weighted by molar-refractivity contribution is 5.86. The number of aromatic nitrogens is 1. The van der Waals surface area contributed by atoms with Crippen molar-refractivity contribution in [1.29, 1.82) is 0 Å². The summed E-state index contributed by atoms with van der Waals surface area (Å²) in [5.41, 5.74) is 8.18. The monoisotopic (exact) mass is 176 g/mol. The molecule has 0 aliphatic rings. The smallest absolute Gasteiger partial charge is 0.228 e. The summed E-state index contributed by atoms with van der Waals surface area (Å²) in [6, 6.07) is 3.74. The standard InChI is InChI=1S/C10H12N2O/c1-6(2)9-5-8(11)7-3-4-13-10(7)12-9/h3-6H,1-2H3,(H2,11,12). The number of hydrogen-bond acceptors (Lipinski definition) is 3. The van der Waals surface area contributed by atoms with Crippen LogP contribution in [0.1, 0.15) is 25.5 Å². The van der Waals surface area contributed by atoms with Gasteiger partial charge in [0, 0.05) is 11.4 Å². The van der Waals surface area contributed by atoms with Crippen LogP contribution in [0.15, 0.2) is 22.8 Å².